The summed E-state index contributed by atoms with van der Waals surface area (Å²) in [5.41, 5.74) is 4.11. The summed E-state index contributed by atoms with van der Waals surface area (Å²) in [5, 5.41) is 0. The lowest BCUT2D eigenvalue weighted by Crippen LogP contribution is -2.46. The standard InChI is InChI=1S/C27H37N3S/c1-22-11-12-25-27(21-22)31-26-10-4-3-9-24(26)30(25)18-8-7-15-28-19-13-23(14-20-28)29-16-5-2-6-17-29/h3-4,9-12,21,23H,2,5-8,13-20H2,1H3. The van der Waals surface area contributed by atoms with E-state index in [0.29, 0.717) is 0 Å². The van der Waals surface area contributed by atoms with Crippen LogP contribution in [0.15, 0.2) is 52.3 Å². The summed E-state index contributed by atoms with van der Waals surface area (Å²) in [4.78, 5) is 10.9. The molecule has 0 amide bonds. The first-order chi connectivity index (χ1) is 15.3. The number of rotatable bonds is 6. The van der Waals surface area contributed by atoms with E-state index in [9.17, 15) is 0 Å². The predicted molar refractivity (Wildman–Crippen MR) is 133 cm³/mol. The molecule has 0 aromatic heterocycles. The summed E-state index contributed by atoms with van der Waals surface area (Å²) in [6.45, 7) is 9.86. The summed E-state index contributed by atoms with van der Waals surface area (Å²) < 4.78 is 0. The third kappa shape index (κ3) is 4.97. The first kappa shape index (κ1) is 21.4. The van der Waals surface area contributed by atoms with Crippen LogP contribution in [0.25, 0.3) is 0 Å². The number of nitrogens with zero attached hydrogens (tertiary/aromatic N) is 3. The fourth-order valence-electron chi connectivity index (χ4n) is 5.58. The van der Waals surface area contributed by atoms with Crippen molar-refractivity contribution >= 4 is 23.1 Å². The van der Waals surface area contributed by atoms with Gasteiger partial charge in [0.05, 0.1) is 11.4 Å². The molecule has 0 saturated carbocycles. The van der Waals surface area contributed by atoms with Gasteiger partial charge in [-0.15, -0.1) is 0 Å². The van der Waals surface area contributed by atoms with Gasteiger partial charge in [0.25, 0.3) is 0 Å². The topological polar surface area (TPSA) is 9.72 Å². The maximum absolute atomic E-state index is 2.78. The highest BCUT2D eigenvalue weighted by Gasteiger charge is 2.26. The molecule has 0 unspecified atom stereocenters. The zero-order valence-electron chi connectivity index (χ0n) is 19.1. The van der Waals surface area contributed by atoms with Gasteiger partial charge < -0.3 is 14.7 Å². The summed E-state index contributed by atoms with van der Waals surface area (Å²) in [7, 11) is 0. The van der Waals surface area contributed by atoms with Gasteiger partial charge in [0.1, 0.15) is 0 Å². The largest absolute Gasteiger partial charge is 0.340 e. The molecule has 2 aromatic rings. The van der Waals surface area contributed by atoms with Crippen LogP contribution < -0.4 is 4.90 Å². The average Bonchev–Trinajstić information content (AvgIpc) is 2.82. The molecule has 0 atom stereocenters. The van der Waals surface area contributed by atoms with Crippen LogP contribution >= 0.6 is 11.8 Å². The molecule has 0 spiro atoms. The second-order valence-corrected chi connectivity index (χ2v) is 10.7. The van der Waals surface area contributed by atoms with Gasteiger partial charge in [0.15, 0.2) is 0 Å². The molecule has 31 heavy (non-hydrogen) atoms. The zero-order chi connectivity index (χ0) is 21.0. The normalized spacial score (nSPS) is 20.5. The van der Waals surface area contributed by atoms with Gasteiger partial charge in [-0.25, -0.2) is 0 Å². The van der Waals surface area contributed by atoms with Crippen molar-refractivity contribution in [3.63, 3.8) is 0 Å². The van der Waals surface area contributed by atoms with Crippen LogP contribution in [0, 0.1) is 6.92 Å². The molecule has 4 heteroatoms. The van der Waals surface area contributed by atoms with E-state index >= 15 is 0 Å². The first-order valence-electron chi connectivity index (χ1n) is 12.4. The van der Waals surface area contributed by atoms with E-state index in [1.54, 1.807) is 0 Å². The fraction of sp³-hybridized carbons (Fsp3) is 0.556. The molecular weight excluding hydrogens is 398 g/mol. The molecule has 0 aliphatic carbocycles. The SMILES string of the molecule is Cc1ccc2c(c1)Sc1ccccc1N2CCCCN1CCC(N2CCCCC2)CC1. The summed E-state index contributed by atoms with van der Waals surface area (Å²) >= 11 is 1.92. The number of aryl methyl sites for hydroxylation is 1. The number of benzene rings is 2. The molecule has 2 aromatic carbocycles. The second kappa shape index (κ2) is 9.97. The Bertz CT molecular complexity index is 869. The van der Waals surface area contributed by atoms with E-state index in [1.807, 2.05) is 11.8 Å². The van der Waals surface area contributed by atoms with Crippen LogP contribution in [-0.2, 0) is 0 Å². The Morgan fingerprint density at radius 1 is 0.806 bits per heavy atom. The van der Waals surface area contributed by atoms with Crippen LogP contribution in [-0.4, -0.2) is 55.1 Å². The van der Waals surface area contributed by atoms with E-state index in [2.05, 4.69) is 64.1 Å². The van der Waals surface area contributed by atoms with Gasteiger partial charge in [0, 0.05) is 22.4 Å². The minimum Gasteiger partial charge on any atom is -0.340 e. The molecule has 3 aliphatic rings. The molecule has 5 rings (SSSR count). The van der Waals surface area contributed by atoms with Crippen LogP contribution in [0.4, 0.5) is 11.4 Å². The number of fused-ring (bicyclic) bond motifs is 2. The lowest BCUT2D eigenvalue weighted by Gasteiger charge is -2.40. The van der Waals surface area contributed by atoms with Gasteiger partial charge in [-0.2, -0.15) is 0 Å². The molecule has 0 bridgehead atoms. The van der Waals surface area contributed by atoms with E-state index < -0.39 is 0 Å². The highest BCUT2D eigenvalue weighted by atomic mass is 32.2. The van der Waals surface area contributed by atoms with E-state index in [0.717, 1.165) is 12.6 Å². The van der Waals surface area contributed by atoms with Crippen LogP contribution in [0.5, 0.6) is 0 Å². The van der Waals surface area contributed by atoms with Gasteiger partial charge in [-0.05, 0) is 108 Å². The van der Waals surface area contributed by atoms with Crippen LogP contribution in [0.2, 0.25) is 0 Å². The number of para-hydroxylation sites is 1. The number of piperidine rings is 2. The van der Waals surface area contributed by atoms with Crippen molar-refractivity contribution in [3.05, 3.63) is 48.0 Å². The monoisotopic (exact) mass is 435 g/mol. The molecule has 2 saturated heterocycles. The van der Waals surface area contributed by atoms with Crippen molar-refractivity contribution in [2.75, 3.05) is 44.2 Å². The Morgan fingerprint density at radius 2 is 1.55 bits per heavy atom. The van der Waals surface area contributed by atoms with E-state index in [-0.39, 0.29) is 0 Å². The molecule has 0 radical (unpaired) electrons. The maximum Gasteiger partial charge on any atom is 0.0553 e. The first-order valence-corrected chi connectivity index (χ1v) is 13.2. The van der Waals surface area contributed by atoms with Gasteiger partial charge in [-0.3, -0.25) is 0 Å². The quantitative estimate of drug-likeness (QED) is 0.490. The van der Waals surface area contributed by atoms with Gasteiger partial charge in [0.2, 0.25) is 0 Å². The Balaban J connectivity index is 1.13. The van der Waals surface area contributed by atoms with Crippen molar-refractivity contribution in [1.82, 2.24) is 9.80 Å². The minimum atomic E-state index is 0.860. The van der Waals surface area contributed by atoms with Crippen molar-refractivity contribution in [3.8, 4) is 0 Å². The molecule has 0 N–H and O–H groups in total. The molecular formula is C27H37N3S. The highest BCUT2D eigenvalue weighted by Crippen LogP contribution is 2.48. The predicted octanol–water partition coefficient (Wildman–Crippen LogP) is 6.33. The maximum atomic E-state index is 2.78. The van der Waals surface area contributed by atoms with Gasteiger partial charge in [-0.1, -0.05) is 36.4 Å². The molecule has 2 fully saturated rings. The average molecular weight is 436 g/mol. The molecule has 3 aliphatic heterocycles. The number of hydrogen-bond donors (Lipinski definition) is 0. The summed E-state index contributed by atoms with van der Waals surface area (Å²) in [6.07, 6.45) is 9.58. The van der Waals surface area contributed by atoms with Gasteiger partial charge >= 0.3 is 0 Å². The minimum absolute atomic E-state index is 0.860. The zero-order valence-corrected chi connectivity index (χ0v) is 19.9. The molecule has 3 heterocycles. The van der Waals surface area contributed by atoms with E-state index in [4.69, 9.17) is 0 Å². The van der Waals surface area contributed by atoms with Crippen molar-refractivity contribution in [1.29, 1.82) is 0 Å². The molecule has 166 valence electrons. The summed E-state index contributed by atoms with van der Waals surface area (Å²) in [6, 6.07) is 16.7. The fourth-order valence-corrected chi connectivity index (χ4v) is 6.77. The lowest BCUT2D eigenvalue weighted by atomic mass is 10.00. The Labute approximate surface area is 192 Å². The summed E-state index contributed by atoms with van der Waals surface area (Å²) in [5.74, 6) is 0. The van der Waals surface area contributed by atoms with Crippen LogP contribution in [0.1, 0.15) is 50.5 Å². The second-order valence-electron chi connectivity index (χ2n) is 9.57. The number of hydrogen-bond acceptors (Lipinski definition) is 4. The van der Waals surface area contributed by atoms with Crippen molar-refractivity contribution in [2.24, 2.45) is 0 Å². The van der Waals surface area contributed by atoms with Crippen molar-refractivity contribution < 1.29 is 0 Å². The van der Waals surface area contributed by atoms with Crippen molar-refractivity contribution in [2.45, 2.75) is 67.7 Å². The Hall–Kier alpha value is -1.49. The number of anilines is 2. The Morgan fingerprint density at radius 3 is 2.39 bits per heavy atom. The lowest BCUT2D eigenvalue weighted by molar-refractivity contribution is 0.0920. The van der Waals surface area contributed by atoms with Crippen LogP contribution in [0.3, 0.4) is 0 Å². The Kier molecular flexibility index (Phi) is 6.87. The van der Waals surface area contributed by atoms with E-state index in [1.165, 1.54) is 104 Å². The number of unbranched alkanes of at least 4 members (excludes halogenated alkanes) is 1. The smallest absolute Gasteiger partial charge is 0.0553 e. The third-order valence-corrected chi connectivity index (χ3v) is 8.46. The number of likely N-dealkylation sites (tertiary alicyclic amines) is 2. The third-order valence-electron chi connectivity index (χ3n) is 7.35. The highest BCUT2D eigenvalue weighted by molar-refractivity contribution is 7.99. The molecule has 3 nitrogen and oxygen atoms in total.